The fraction of sp³-hybridized carbons (Fsp3) is 0.364. The van der Waals surface area contributed by atoms with E-state index in [4.69, 9.17) is 10.2 Å². The number of hydrogen-bond donors (Lipinski definition) is 3. The molecule has 1 amide bonds. The van der Waals surface area contributed by atoms with Crippen LogP contribution in [0.15, 0.2) is 24.3 Å². The molecule has 82 valence electrons. The van der Waals surface area contributed by atoms with Crippen LogP contribution in [0.3, 0.4) is 0 Å². The summed E-state index contributed by atoms with van der Waals surface area (Å²) >= 11 is 0. The first kappa shape index (κ1) is 11.5. The van der Waals surface area contributed by atoms with Crippen LogP contribution in [0.25, 0.3) is 0 Å². The van der Waals surface area contributed by atoms with E-state index in [9.17, 15) is 4.79 Å². The Morgan fingerprint density at radius 2 is 2.00 bits per heavy atom. The van der Waals surface area contributed by atoms with Crippen molar-refractivity contribution in [3.05, 3.63) is 29.8 Å². The van der Waals surface area contributed by atoms with E-state index in [0.717, 1.165) is 5.56 Å². The van der Waals surface area contributed by atoms with E-state index in [1.54, 1.807) is 19.1 Å². The Hall–Kier alpha value is -1.55. The standard InChI is InChI=1S/C11H15NO3/c1-8(13)7-12-11(15)6-9-2-4-10(14)5-3-9/h2-5,8,13-14H,6-7H2,1H3,(H,12,15)/t8-/m0/s1. The van der Waals surface area contributed by atoms with Crippen LogP contribution in [-0.4, -0.2) is 28.8 Å². The minimum absolute atomic E-state index is 0.137. The van der Waals surface area contributed by atoms with Gasteiger partial charge in [0.1, 0.15) is 5.75 Å². The van der Waals surface area contributed by atoms with Crippen molar-refractivity contribution in [2.75, 3.05) is 6.54 Å². The van der Waals surface area contributed by atoms with Gasteiger partial charge in [0.2, 0.25) is 5.91 Å². The van der Waals surface area contributed by atoms with Crippen molar-refractivity contribution >= 4 is 5.91 Å². The van der Waals surface area contributed by atoms with Crippen molar-refractivity contribution in [2.45, 2.75) is 19.4 Å². The highest BCUT2D eigenvalue weighted by molar-refractivity contribution is 5.78. The van der Waals surface area contributed by atoms with Crippen molar-refractivity contribution in [3.8, 4) is 5.75 Å². The minimum atomic E-state index is -0.534. The molecule has 0 fully saturated rings. The highest BCUT2D eigenvalue weighted by Gasteiger charge is 2.04. The first-order chi connectivity index (χ1) is 7.08. The summed E-state index contributed by atoms with van der Waals surface area (Å²) in [5.41, 5.74) is 0.830. The Balaban J connectivity index is 2.41. The lowest BCUT2D eigenvalue weighted by Gasteiger charge is -2.06. The van der Waals surface area contributed by atoms with Crippen molar-refractivity contribution in [1.82, 2.24) is 5.32 Å². The summed E-state index contributed by atoms with van der Waals surface area (Å²) in [5, 5.41) is 20.6. The summed E-state index contributed by atoms with van der Waals surface area (Å²) < 4.78 is 0. The Morgan fingerprint density at radius 1 is 1.40 bits per heavy atom. The van der Waals surface area contributed by atoms with Gasteiger partial charge in [-0.25, -0.2) is 0 Å². The lowest BCUT2D eigenvalue weighted by molar-refractivity contribution is -0.120. The van der Waals surface area contributed by atoms with Crippen LogP contribution < -0.4 is 5.32 Å². The number of amides is 1. The van der Waals surface area contributed by atoms with Crippen molar-refractivity contribution in [3.63, 3.8) is 0 Å². The van der Waals surface area contributed by atoms with E-state index in [0.29, 0.717) is 0 Å². The van der Waals surface area contributed by atoms with E-state index in [1.807, 2.05) is 0 Å². The van der Waals surface area contributed by atoms with Gasteiger partial charge in [-0.1, -0.05) is 12.1 Å². The zero-order chi connectivity index (χ0) is 11.3. The van der Waals surface area contributed by atoms with Gasteiger partial charge < -0.3 is 15.5 Å². The Bertz CT molecular complexity index is 319. The van der Waals surface area contributed by atoms with E-state index in [-0.39, 0.29) is 24.6 Å². The average Bonchev–Trinajstić information content (AvgIpc) is 2.19. The van der Waals surface area contributed by atoms with Gasteiger partial charge in [-0.3, -0.25) is 4.79 Å². The Morgan fingerprint density at radius 3 is 2.53 bits per heavy atom. The van der Waals surface area contributed by atoms with Crippen LogP contribution in [0.4, 0.5) is 0 Å². The monoisotopic (exact) mass is 209 g/mol. The molecule has 0 saturated heterocycles. The van der Waals surface area contributed by atoms with Gasteiger partial charge in [0.15, 0.2) is 0 Å². The third kappa shape index (κ3) is 4.46. The molecule has 1 rings (SSSR count). The maximum atomic E-state index is 11.3. The van der Waals surface area contributed by atoms with Crippen molar-refractivity contribution in [2.24, 2.45) is 0 Å². The number of nitrogens with one attached hydrogen (secondary N) is 1. The zero-order valence-electron chi connectivity index (χ0n) is 8.60. The van der Waals surface area contributed by atoms with Gasteiger partial charge in [0, 0.05) is 6.54 Å². The van der Waals surface area contributed by atoms with Crippen LogP contribution >= 0.6 is 0 Å². The maximum Gasteiger partial charge on any atom is 0.224 e. The molecule has 0 saturated carbocycles. The van der Waals surface area contributed by atoms with Crippen molar-refractivity contribution < 1.29 is 15.0 Å². The topological polar surface area (TPSA) is 69.6 Å². The molecule has 0 heterocycles. The summed E-state index contributed by atoms with van der Waals surface area (Å²) in [6, 6.07) is 6.46. The fourth-order valence-electron chi connectivity index (χ4n) is 1.12. The molecule has 0 aliphatic carbocycles. The molecule has 4 heteroatoms. The van der Waals surface area contributed by atoms with E-state index < -0.39 is 6.10 Å². The largest absolute Gasteiger partial charge is 0.508 e. The van der Waals surface area contributed by atoms with Gasteiger partial charge in [0.05, 0.1) is 12.5 Å². The normalized spacial score (nSPS) is 12.1. The summed E-state index contributed by atoms with van der Waals surface area (Å²) in [4.78, 5) is 11.3. The first-order valence-corrected chi connectivity index (χ1v) is 4.80. The minimum Gasteiger partial charge on any atom is -0.508 e. The first-order valence-electron chi connectivity index (χ1n) is 4.80. The highest BCUT2D eigenvalue weighted by atomic mass is 16.3. The second-order valence-corrected chi connectivity index (χ2v) is 3.50. The SMILES string of the molecule is C[C@H](O)CNC(=O)Cc1ccc(O)cc1. The molecular formula is C11H15NO3. The van der Waals surface area contributed by atoms with Crippen LogP contribution in [0.5, 0.6) is 5.75 Å². The summed E-state index contributed by atoms with van der Waals surface area (Å²) in [6.07, 6.45) is -0.277. The predicted molar refractivity (Wildman–Crippen MR) is 56.5 cm³/mol. The number of aliphatic hydroxyl groups is 1. The Labute approximate surface area is 88.6 Å². The summed E-state index contributed by atoms with van der Waals surface area (Å²) in [5.74, 6) is 0.0460. The van der Waals surface area contributed by atoms with Gasteiger partial charge >= 0.3 is 0 Å². The Kier molecular flexibility index (Phi) is 4.12. The second kappa shape index (κ2) is 5.36. The molecule has 0 bridgehead atoms. The van der Waals surface area contributed by atoms with Crippen LogP contribution in [0, 0.1) is 0 Å². The number of rotatable bonds is 4. The van der Waals surface area contributed by atoms with Gasteiger partial charge in [0.25, 0.3) is 0 Å². The molecule has 0 aromatic heterocycles. The van der Waals surface area contributed by atoms with Crippen LogP contribution in [0.2, 0.25) is 0 Å². The average molecular weight is 209 g/mol. The zero-order valence-corrected chi connectivity index (χ0v) is 8.60. The number of phenolic OH excluding ortho intramolecular Hbond substituents is 1. The van der Waals surface area contributed by atoms with E-state index in [2.05, 4.69) is 5.32 Å². The molecule has 0 aliphatic heterocycles. The van der Waals surface area contributed by atoms with Crippen LogP contribution in [0.1, 0.15) is 12.5 Å². The smallest absolute Gasteiger partial charge is 0.224 e. The summed E-state index contributed by atoms with van der Waals surface area (Å²) in [7, 11) is 0. The molecular weight excluding hydrogens is 194 g/mol. The third-order valence-corrected chi connectivity index (χ3v) is 1.90. The predicted octanol–water partition coefficient (Wildman–Crippen LogP) is 0.432. The number of carbonyl (C=O) groups excluding carboxylic acids is 1. The summed E-state index contributed by atoms with van der Waals surface area (Å²) in [6.45, 7) is 1.87. The van der Waals surface area contributed by atoms with E-state index in [1.165, 1.54) is 12.1 Å². The molecule has 1 aromatic rings. The molecule has 0 aliphatic rings. The molecule has 0 spiro atoms. The fourth-order valence-corrected chi connectivity index (χ4v) is 1.12. The van der Waals surface area contributed by atoms with Gasteiger partial charge in [-0.05, 0) is 24.6 Å². The van der Waals surface area contributed by atoms with E-state index >= 15 is 0 Å². The quantitative estimate of drug-likeness (QED) is 0.673. The number of phenols is 1. The third-order valence-electron chi connectivity index (χ3n) is 1.90. The molecule has 0 radical (unpaired) electrons. The molecule has 3 N–H and O–H groups in total. The number of hydrogen-bond acceptors (Lipinski definition) is 3. The van der Waals surface area contributed by atoms with Gasteiger partial charge in [-0.15, -0.1) is 0 Å². The lowest BCUT2D eigenvalue weighted by Crippen LogP contribution is -2.31. The van der Waals surface area contributed by atoms with Gasteiger partial charge in [-0.2, -0.15) is 0 Å². The maximum absolute atomic E-state index is 11.3. The van der Waals surface area contributed by atoms with Crippen molar-refractivity contribution in [1.29, 1.82) is 0 Å². The molecule has 1 aromatic carbocycles. The number of carbonyl (C=O) groups is 1. The highest BCUT2D eigenvalue weighted by Crippen LogP contribution is 2.09. The molecule has 0 unspecified atom stereocenters. The molecule has 1 atom stereocenters. The molecule has 4 nitrogen and oxygen atoms in total. The second-order valence-electron chi connectivity index (χ2n) is 3.50. The van der Waals surface area contributed by atoms with Crippen LogP contribution in [-0.2, 0) is 11.2 Å². The number of aliphatic hydroxyl groups excluding tert-OH is 1. The lowest BCUT2D eigenvalue weighted by atomic mass is 10.1. The molecule has 15 heavy (non-hydrogen) atoms. The number of aromatic hydroxyl groups is 1. The number of benzene rings is 1.